The summed E-state index contributed by atoms with van der Waals surface area (Å²) in [5.41, 5.74) is -1.07. The lowest BCUT2D eigenvalue weighted by atomic mass is 10.0. The quantitative estimate of drug-likeness (QED) is 0.197. The molecule has 0 aromatic heterocycles. The van der Waals surface area contributed by atoms with Gasteiger partial charge in [0.05, 0.1) is 23.8 Å². The highest BCUT2D eigenvalue weighted by atomic mass is 19.4. The molecule has 4 rings (SSSR count). The largest absolute Gasteiger partial charge is 0.457 e. The van der Waals surface area contributed by atoms with Crippen LogP contribution in [0.1, 0.15) is 53.6 Å². The zero-order valence-electron chi connectivity index (χ0n) is 22.7. The van der Waals surface area contributed by atoms with E-state index in [0.717, 1.165) is 17.7 Å². The first-order valence-corrected chi connectivity index (χ1v) is 13.0. The van der Waals surface area contributed by atoms with E-state index in [1.807, 2.05) is 32.0 Å². The Bertz CT molecular complexity index is 1520. The van der Waals surface area contributed by atoms with Gasteiger partial charge in [-0.3, -0.25) is 0 Å². The minimum Gasteiger partial charge on any atom is -0.457 e. The van der Waals surface area contributed by atoms with Crippen molar-refractivity contribution in [1.29, 1.82) is 0 Å². The third-order valence-corrected chi connectivity index (χ3v) is 6.77. The second kappa shape index (κ2) is 12.4. The van der Waals surface area contributed by atoms with Crippen LogP contribution < -0.4 is 9.64 Å². The average molecular weight is 592 g/mol. The predicted molar refractivity (Wildman–Crippen MR) is 146 cm³/mol. The molecule has 0 heterocycles. The van der Waals surface area contributed by atoms with Crippen LogP contribution in [0.3, 0.4) is 0 Å². The Balaban J connectivity index is 1.79. The molecule has 1 N–H and O–H groups in total. The number of benzene rings is 4. The normalized spacial score (nSPS) is 12.8. The SMILES string of the molecule is CC(C)c1cccc(Oc2cccc(N(Cc3cc(C(F)(F)F)ccc3F)C(CO)c3cccc(C(F)(F)F)c3)c2)c1. The lowest BCUT2D eigenvalue weighted by molar-refractivity contribution is -0.138. The first-order valence-electron chi connectivity index (χ1n) is 13.0. The van der Waals surface area contributed by atoms with Gasteiger partial charge in [-0.15, -0.1) is 0 Å². The van der Waals surface area contributed by atoms with Gasteiger partial charge in [0.1, 0.15) is 17.3 Å². The van der Waals surface area contributed by atoms with Gasteiger partial charge in [0.25, 0.3) is 0 Å². The molecule has 10 heteroatoms. The summed E-state index contributed by atoms with van der Waals surface area (Å²) in [4.78, 5) is 1.35. The summed E-state index contributed by atoms with van der Waals surface area (Å²) in [6.07, 6.45) is -9.42. The number of aliphatic hydroxyl groups is 1. The summed E-state index contributed by atoms with van der Waals surface area (Å²) in [6.45, 7) is 2.83. The second-order valence-corrected chi connectivity index (χ2v) is 10.1. The molecule has 0 radical (unpaired) electrons. The summed E-state index contributed by atoms with van der Waals surface area (Å²) in [5, 5.41) is 10.4. The number of hydrogen-bond acceptors (Lipinski definition) is 3. The zero-order chi connectivity index (χ0) is 30.7. The molecule has 0 saturated carbocycles. The molecule has 4 aromatic rings. The van der Waals surface area contributed by atoms with Crippen LogP contribution in [0.25, 0.3) is 0 Å². The number of hydrogen-bond donors (Lipinski definition) is 1. The molecule has 0 saturated heterocycles. The van der Waals surface area contributed by atoms with Crippen LogP contribution in [0.2, 0.25) is 0 Å². The average Bonchev–Trinajstić information content (AvgIpc) is 2.93. The fourth-order valence-electron chi connectivity index (χ4n) is 4.54. The molecule has 0 spiro atoms. The van der Waals surface area contributed by atoms with Crippen molar-refractivity contribution in [2.24, 2.45) is 0 Å². The third kappa shape index (κ3) is 7.42. The molecule has 0 fully saturated rings. The van der Waals surface area contributed by atoms with Crippen LogP contribution in [-0.4, -0.2) is 11.7 Å². The smallest absolute Gasteiger partial charge is 0.416 e. The van der Waals surface area contributed by atoms with Gasteiger partial charge in [-0.05, 0) is 71.6 Å². The van der Waals surface area contributed by atoms with E-state index in [0.29, 0.717) is 29.7 Å². The summed E-state index contributed by atoms with van der Waals surface area (Å²) in [5.74, 6) is 0.135. The second-order valence-electron chi connectivity index (χ2n) is 10.1. The Hall–Kier alpha value is -4.05. The van der Waals surface area contributed by atoms with E-state index in [1.54, 1.807) is 24.3 Å². The van der Waals surface area contributed by atoms with Gasteiger partial charge < -0.3 is 14.7 Å². The van der Waals surface area contributed by atoms with E-state index in [2.05, 4.69) is 0 Å². The number of alkyl halides is 6. The summed E-state index contributed by atoms with van der Waals surface area (Å²) in [6, 6.07) is 18.7. The van der Waals surface area contributed by atoms with Crippen molar-refractivity contribution in [3.05, 3.63) is 125 Å². The van der Waals surface area contributed by atoms with Gasteiger partial charge in [-0.1, -0.05) is 44.2 Å². The van der Waals surface area contributed by atoms with Crippen molar-refractivity contribution in [3.8, 4) is 11.5 Å². The molecule has 0 amide bonds. The summed E-state index contributed by atoms with van der Waals surface area (Å²) < 4.78 is 102. The minimum absolute atomic E-state index is 0.0377. The van der Waals surface area contributed by atoms with Crippen molar-refractivity contribution in [1.82, 2.24) is 0 Å². The van der Waals surface area contributed by atoms with Crippen LogP contribution in [0.4, 0.5) is 36.4 Å². The molecule has 4 aromatic carbocycles. The van der Waals surface area contributed by atoms with E-state index in [1.165, 1.54) is 23.1 Å². The maximum Gasteiger partial charge on any atom is 0.416 e. The lowest BCUT2D eigenvalue weighted by Crippen LogP contribution is -2.31. The fraction of sp³-hybridized carbons (Fsp3) is 0.250. The molecule has 42 heavy (non-hydrogen) atoms. The minimum atomic E-state index is -4.75. The Morgan fingerprint density at radius 3 is 1.95 bits per heavy atom. The molecule has 3 nitrogen and oxygen atoms in total. The summed E-state index contributed by atoms with van der Waals surface area (Å²) in [7, 11) is 0. The summed E-state index contributed by atoms with van der Waals surface area (Å²) >= 11 is 0. The number of anilines is 1. The standard InChI is InChI=1S/C32H28F7NO2/c1-20(2)21-6-4-10-27(16-21)42-28-11-5-9-26(17-28)40(18-23-15-25(32(37,38)39)12-13-29(23)33)30(19-41)22-7-3-8-24(14-22)31(34,35)36/h3-17,20,30,41H,18-19H2,1-2H3. The van der Waals surface area contributed by atoms with E-state index in [9.17, 15) is 35.8 Å². The lowest BCUT2D eigenvalue weighted by Gasteiger charge is -2.34. The number of aliphatic hydroxyl groups excluding tert-OH is 1. The monoisotopic (exact) mass is 591 g/mol. The van der Waals surface area contributed by atoms with Gasteiger partial charge in [0.15, 0.2) is 0 Å². The van der Waals surface area contributed by atoms with E-state index in [4.69, 9.17) is 4.74 Å². The fourth-order valence-corrected chi connectivity index (χ4v) is 4.54. The molecule has 0 bridgehead atoms. The first kappa shape index (κ1) is 30.9. The predicted octanol–water partition coefficient (Wildman–Crippen LogP) is 9.52. The number of nitrogens with zero attached hydrogens (tertiary/aromatic N) is 1. The van der Waals surface area contributed by atoms with E-state index in [-0.39, 0.29) is 22.7 Å². The Labute approximate surface area is 238 Å². The van der Waals surface area contributed by atoms with Gasteiger partial charge in [-0.25, -0.2) is 4.39 Å². The molecule has 0 aliphatic carbocycles. The topological polar surface area (TPSA) is 32.7 Å². The highest BCUT2D eigenvalue weighted by molar-refractivity contribution is 5.54. The van der Waals surface area contributed by atoms with Gasteiger partial charge in [0.2, 0.25) is 0 Å². The van der Waals surface area contributed by atoms with Crippen LogP contribution in [0, 0.1) is 5.82 Å². The highest BCUT2D eigenvalue weighted by Gasteiger charge is 2.33. The molecule has 0 aliphatic rings. The van der Waals surface area contributed by atoms with Crippen LogP contribution in [0.15, 0.2) is 91.0 Å². The van der Waals surface area contributed by atoms with E-state index >= 15 is 0 Å². The molecule has 222 valence electrons. The molecule has 1 unspecified atom stereocenters. The first-order chi connectivity index (χ1) is 19.8. The number of rotatable bonds is 9. The maximum atomic E-state index is 14.9. The van der Waals surface area contributed by atoms with Crippen molar-refractivity contribution in [2.75, 3.05) is 11.5 Å². The highest BCUT2D eigenvalue weighted by Crippen LogP contribution is 2.37. The zero-order valence-corrected chi connectivity index (χ0v) is 22.7. The van der Waals surface area contributed by atoms with E-state index < -0.39 is 48.5 Å². The number of ether oxygens (including phenoxy) is 1. The van der Waals surface area contributed by atoms with Crippen molar-refractivity contribution < 1.29 is 40.6 Å². The molecular formula is C32H28F7NO2. The van der Waals surface area contributed by atoms with Crippen LogP contribution >= 0.6 is 0 Å². The molecular weight excluding hydrogens is 563 g/mol. The van der Waals surface area contributed by atoms with Gasteiger partial charge >= 0.3 is 12.4 Å². The Morgan fingerprint density at radius 1 is 0.714 bits per heavy atom. The molecule has 0 aliphatic heterocycles. The van der Waals surface area contributed by atoms with Crippen molar-refractivity contribution in [3.63, 3.8) is 0 Å². The Morgan fingerprint density at radius 2 is 1.31 bits per heavy atom. The van der Waals surface area contributed by atoms with Crippen LogP contribution in [0.5, 0.6) is 11.5 Å². The third-order valence-electron chi connectivity index (χ3n) is 6.77. The molecule has 1 atom stereocenters. The number of halogens is 7. The van der Waals surface area contributed by atoms with Gasteiger partial charge in [0, 0.05) is 23.9 Å². The van der Waals surface area contributed by atoms with Crippen molar-refractivity contribution in [2.45, 2.75) is 44.7 Å². The maximum absolute atomic E-state index is 14.9. The van der Waals surface area contributed by atoms with Crippen LogP contribution in [-0.2, 0) is 18.9 Å². The van der Waals surface area contributed by atoms with Crippen molar-refractivity contribution >= 4 is 5.69 Å². The van der Waals surface area contributed by atoms with Gasteiger partial charge in [-0.2, -0.15) is 26.3 Å². The Kier molecular flexibility index (Phi) is 9.15.